The highest BCUT2D eigenvalue weighted by Gasteiger charge is 2.19. The molecule has 9 heteroatoms. The number of hydrogen-bond donors (Lipinski definition) is 4. The molecule has 3 aromatic carbocycles. The number of amides is 2. The lowest BCUT2D eigenvalue weighted by Gasteiger charge is -2.10. The summed E-state index contributed by atoms with van der Waals surface area (Å²) in [5.41, 5.74) is 2.41. The van der Waals surface area contributed by atoms with E-state index in [1.807, 2.05) is 6.07 Å². The first-order chi connectivity index (χ1) is 14.9. The van der Waals surface area contributed by atoms with Crippen molar-refractivity contribution in [1.29, 1.82) is 0 Å². The summed E-state index contributed by atoms with van der Waals surface area (Å²) in [6.45, 7) is 0. The third kappa shape index (κ3) is 4.46. The Labute approximate surface area is 184 Å². The lowest BCUT2D eigenvalue weighted by molar-refractivity contribution is 0.0996. The van der Waals surface area contributed by atoms with Crippen LogP contribution < -0.4 is 10.6 Å². The summed E-state index contributed by atoms with van der Waals surface area (Å²) in [7, 11) is 0. The average molecular weight is 479 g/mol. The van der Waals surface area contributed by atoms with Crippen LogP contribution in [0, 0.1) is 0 Å². The van der Waals surface area contributed by atoms with Crippen molar-refractivity contribution in [2.45, 2.75) is 0 Å². The largest absolute Gasteiger partial charge is 0.465 e. The number of carboxylic acid groups (broad SMARTS) is 1. The smallest absolute Gasteiger partial charge is 0.411 e. The summed E-state index contributed by atoms with van der Waals surface area (Å²) in [6.07, 6.45) is -1.25. The molecule has 0 unspecified atom stereocenters. The van der Waals surface area contributed by atoms with Gasteiger partial charge in [-0.1, -0.05) is 40.2 Å². The molecule has 0 aliphatic heterocycles. The molecule has 0 saturated heterocycles. The SMILES string of the molecule is O=C(O)Nc1nc2ccc(C(=O)c3ccccc3C(=O)Nc3cccc(Br)c3)cc2[nH]1. The van der Waals surface area contributed by atoms with Crippen molar-refractivity contribution < 1.29 is 19.5 Å². The molecular formula is C22H15BrN4O4. The molecule has 0 bridgehead atoms. The fourth-order valence-corrected chi connectivity index (χ4v) is 3.51. The van der Waals surface area contributed by atoms with Gasteiger partial charge in [-0.3, -0.25) is 14.9 Å². The number of fused-ring (bicyclic) bond motifs is 1. The van der Waals surface area contributed by atoms with Gasteiger partial charge in [0, 0.05) is 21.3 Å². The minimum Gasteiger partial charge on any atom is -0.465 e. The number of hydrogen-bond acceptors (Lipinski definition) is 4. The van der Waals surface area contributed by atoms with Crippen molar-refractivity contribution in [1.82, 2.24) is 9.97 Å². The number of benzene rings is 3. The van der Waals surface area contributed by atoms with Crippen LogP contribution in [0.3, 0.4) is 0 Å². The van der Waals surface area contributed by atoms with Crippen LogP contribution in [0.15, 0.2) is 71.2 Å². The number of imidazole rings is 1. The minimum atomic E-state index is -1.25. The molecule has 0 aliphatic rings. The molecule has 154 valence electrons. The third-order valence-electron chi connectivity index (χ3n) is 4.47. The number of carbonyl (C=O) groups is 3. The first-order valence-electron chi connectivity index (χ1n) is 9.11. The second-order valence-corrected chi connectivity index (χ2v) is 7.50. The van der Waals surface area contributed by atoms with E-state index in [4.69, 9.17) is 5.11 Å². The summed E-state index contributed by atoms with van der Waals surface area (Å²) >= 11 is 3.36. The maximum atomic E-state index is 13.2. The normalized spacial score (nSPS) is 10.6. The topological polar surface area (TPSA) is 124 Å². The van der Waals surface area contributed by atoms with Gasteiger partial charge in [-0.2, -0.15) is 0 Å². The number of nitrogens with one attached hydrogen (secondary N) is 3. The Morgan fingerprint density at radius 2 is 1.68 bits per heavy atom. The predicted molar refractivity (Wildman–Crippen MR) is 120 cm³/mol. The number of ketones is 1. The molecule has 8 nitrogen and oxygen atoms in total. The Kier molecular flexibility index (Phi) is 5.50. The predicted octanol–water partition coefficient (Wildman–Crippen LogP) is 4.90. The number of carbonyl (C=O) groups excluding carboxylic acids is 2. The van der Waals surface area contributed by atoms with Crippen LogP contribution in [-0.2, 0) is 0 Å². The van der Waals surface area contributed by atoms with Crippen LogP contribution in [0.2, 0.25) is 0 Å². The Hall–Kier alpha value is -3.98. The number of anilines is 2. The zero-order valence-corrected chi connectivity index (χ0v) is 17.4. The van der Waals surface area contributed by atoms with E-state index in [-0.39, 0.29) is 22.9 Å². The van der Waals surface area contributed by atoms with Crippen LogP contribution >= 0.6 is 15.9 Å². The van der Waals surface area contributed by atoms with Gasteiger partial charge in [-0.25, -0.2) is 9.78 Å². The van der Waals surface area contributed by atoms with Crippen molar-refractivity contribution in [3.8, 4) is 0 Å². The summed E-state index contributed by atoms with van der Waals surface area (Å²) in [5, 5.41) is 13.8. The number of aromatic amines is 1. The molecule has 1 aromatic heterocycles. The van der Waals surface area contributed by atoms with Gasteiger partial charge in [-0.15, -0.1) is 0 Å². The molecule has 0 aliphatic carbocycles. The van der Waals surface area contributed by atoms with Crippen molar-refractivity contribution in [3.63, 3.8) is 0 Å². The number of aromatic nitrogens is 2. The highest BCUT2D eigenvalue weighted by Crippen LogP contribution is 2.22. The fourth-order valence-electron chi connectivity index (χ4n) is 3.11. The number of H-pyrrole nitrogens is 1. The minimum absolute atomic E-state index is 0.0564. The van der Waals surface area contributed by atoms with E-state index in [0.717, 1.165) is 4.47 Å². The second kappa shape index (κ2) is 8.41. The van der Waals surface area contributed by atoms with E-state index in [2.05, 4.69) is 36.5 Å². The van der Waals surface area contributed by atoms with Crippen LogP contribution in [-0.4, -0.2) is 32.9 Å². The van der Waals surface area contributed by atoms with Crippen molar-refractivity contribution in [2.75, 3.05) is 10.6 Å². The van der Waals surface area contributed by atoms with E-state index < -0.39 is 12.0 Å². The molecule has 0 saturated carbocycles. The lowest BCUT2D eigenvalue weighted by Crippen LogP contribution is -2.17. The quantitative estimate of drug-likeness (QED) is 0.303. The molecular weight excluding hydrogens is 464 g/mol. The second-order valence-electron chi connectivity index (χ2n) is 6.59. The summed E-state index contributed by atoms with van der Waals surface area (Å²) < 4.78 is 0.819. The van der Waals surface area contributed by atoms with E-state index in [0.29, 0.717) is 22.3 Å². The van der Waals surface area contributed by atoms with Crippen LogP contribution in [0.1, 0.15) is 26.3 Å². The number of halogens is 1. The van der Waals surface area contributed by atoms with E-state index in [1.54, 1.807) is 60.7 Å². The van der Waals surface area contributed by atoms with Gasteiger partial charge in [0.15, 0.2) is 5.78 Å². The standard InChI is InChI=1S/C22H15BrN4O4/c23-13-4-3-5-14(11-13)24-20(29)16-7-2-1-6-15(16)19(28)12-8-9-17-18(10-12)26-21(25-17)27-22(30)31/h1-11H,(H,24,29)(H,30,31)(H2,25,26,27). The maximum absolute atomic E-state index is 13.2. The summed E-state index contributed by atoms with van der Waals surface area (Å²) in [6, 6.07) is 18.5. The van der Waals surface area contributed by atoms with Gasteiger partial charge >= 0.3 is 6.09 Å². The van der Waals surface area contributed by atoms with Gasteiger partial charge in [0.25, 0.3) is 5.91 Å². The number of nitrogens with zero attached hydrogens (tertiary/aromatic N) is 1. The molecule has 4 aromatic rings. The molecule has 4 rings (SSSR count). The summed E-state index contributed by atoms with van der Waals surface area (Å²) in [4.78, 5) is 43.7. The van der Waals surface area contributed by atoms with Crippen LogP contribution in [0.25, 0.3) is 11.0 Å². The summed E-state index contributed by atoms with van der Waals surface area (Å²) in [5.74, 6) is -0.692. The molecule has 2 amide bonds. The Morgan fingerprint density at radius 1 is 0.903 bits per heavy atom. The zero-order chi connectivity index (χ0) is 22.0. The number of rotatable bonds is 5. The molecule has 0 fully saturated rings. The average Bonchev–Trinajstić information content (AvgIpc) is 3.13. The molecule has 0 spiro atoms. The van der Waals surface area contributed by atoms with Crippen LogP contribution in [0.5, 0.6) is 0 Å². The molecule has 31 heavy (non-hydrogen) atoms. The maximum Gasteiger partial charge on any atom is 0.411 e. The Balaban J connectivity index is 1.64. The zero-order valence-electron chi connectivity index (χ0n) is 15.8. The van der Waals surface area contributed by atoms with Gasteiger partial charge in [0.05, 0.1) is 16.6 Å². The highest BCUT2D eigenvalue weighted by molar-refractivity contribution is 9.10. The lowest BCUT2D eigenvalue weighted by atomic mass is 9.97. The van der Waals surface area contributed by atoms with Crippen LogP contribution in [0.4, 0.5) is 16.4 Å². The van der Waals surface area contributed by atoms with Gasteiger partial charge in [0.1, 0.15) is 0 Å². The Bertz CT molecular complexity index is 1330. The van der Waals surface area contributed by atoms with E-state index in [1.165, 1.54) is 0 Å². The third-order valence-corrected chi connectivity index (χ3v) is 4.96. The molecule has 0 radical (unpaired) electrons. The highest BCUT2D eigenvalue weighted by atomic mass is 79.9. The van der Waals surface area contributed by atoms with Gasteiger partial charge < -0.3 is 15.4 Å². The van der Waals surface area contributed by atoms with Crippen molar-refractivity contribution >= 4 is 56.4 Å². The molecule has 4 N–H and O–H groups in total. The first-order valence-corrected chi connectivity index (χ1v) is 9.90. The Morgan fingerprint density at radius 3 is 2.42 bits per heavy atom. The van der Waals surface area contributed by atoms with E-state index in [9.17, 15) is 14.4 Å². The van der Waals surface area contributed by atoms with E-state index >= 15 is 0 Å². The molecule has 0 atom stereocenters. The van der Waals surface area contributed by atoms with Crippen molar-refractivity contribution in [3.05, 3.63) is 87.9 Å². The fraction of sp³-hybridized carbons (Fsp3) is 0. The van der Waals surface area contributed by atoms with Gasteiger partial charge in [-0.05, 0) is 42.5 Å². The van der Waals surface area contributed by atoms with Gasteiger partial charge in [0.2, 0.25) is 5.95 Å². The molecule has 1 heterocycles. The monoisotopic (exact) mass is 478 g/mol. The van der Waals surface area contributed by atoms with Crippen molar-refractivity contribution in [2.24, 2.45) is 0 Å². The first kappa shape index (κ1) is 20.3.